The van der Waals surface area contributed by atoms with Crippen LogP contribution in [-0.4, -0.2) is 22.5 Å². The van der Waals surface area contributed by atoms with Gasteiger partial charge in [0.1, 0.15) is 17.3 Å². The lowest BCUT2D eigenvalue weighted by Crippen LogP contribution is -2.16. The summed E-state index contributed by atoms with van der Waals surface area (Å²) in [4.78, 5) is 19.4. The minimum Gasteiger partial charge on any atom is -0.492 e. The van der Waals surface area contributed by atoms with Gasteiger partial charge in [-0.3, -0.25) is 9.78 Å². The van der Waals surface area contributed by atoms with E-state index < -0.39 is 5.91 Å². The lowest BCUT2D eigenvalue weighted by molar-refractivity contribution is 0.0995. The summed E-state index contributed by atoms with van der Waals surface area (Å²) >= 11 is 6.21. The fraction of sp³-hybridized carbons (Fsp3) is 0.267. The predicted molar refractivity (Wildman–Crippen MR) is 83.1 cm³/mol. The van der Waals surface area contributed by atoms with Crippen molar-refractivity contribution in [2.45, 2.75) is 18.9 Å². The zero-order chi connectivity index (χ0) is 15.5. The van der Waals surface area contributed by atoms with Crippen LogP contribution in [0, 0.1) is 0 Å². The van der Waals surface area contributed by atoms with Gasteiger partial charge in [0, 0.05) is 5.56 Å². The van der Waals surface area contributed by atoms with Crippen molar-refractivity contribution in [2.75, 3.05) is 11.9 Å². The molecule has 1 aliphatic heterocycles. The highest BCUT2D eigenvalue weighted by Gasteiger charge is 2.22. The van der Waals surface area contributed by atoms with Crippen LogP contribution in [0.5, 0.6) is 5.75 Å². The fourth-order valence-electron chi connectivity index (χ4n) is 2.45. The van der Waals surface area contributed by atoms with E-state index in [1.165, 1.54) is 6.20 Å². The third kappa shape index (κ3) is 2.96. The van der Waals surface area contributed by atoms with E-state index in [2.05, 4.69) is 15.3 Å². The highest BCUT2D eigenvalue weighted by molar-refractivity contribution is 6.32. The highest BCUT2D eigenvalue weighted by Crippen LogP contribution is 2.38. The van der Waals surface area contributed by atoms with E-state index >= 15 is 0 Å². The van der Waals surface area contributed by atoms with Crippen molar-refractivity contribution >= 4 is 23.3 Å². The molecule has 1 unspecified atom stereocenters. The Balaban J connectivity index is 1.91. The summed E-state index contributed by atoms with van der Waals surface area (Å²) in [5.41, 5.74) is 6.33. The molecule has 2 heterocycles. The van der Waals surface area contributed by atoms with Gasteiger partial charge in [-0.15, -0.1) is 0 Å². The lowest BCUT2D eigenvalue weighted by atomic mass is 10.0. The third-order valence-corrected chi connectivity index (χ3v) is 3.76. The lowest BCUT2D eigenvalue weighted by Gasteiger charge is -2.19. The summed E-state index contributed by atoms with van der Waals surface area (Å²) in [7, 11) is 0. The molecule has 3 rings (SSSR count). The number of halogens is 1. The molecule has 0 bridgehead atoms. The Labute approximate surface area is 132 Å². The van der Waals surface area contributed by atoms with Crippen molar-refractivity contribution in [3.63, 3.8) is 0 Å². The minimum atomic E-state index is -0.608. The summed E-state index contributed by atoms with van der Waals surface area (Å²) < 4.78 is 5.73. The molecule has 1 amide bonds. The molecule has 0 aliphatic carbocycles. The van der Waals surface area contributed by atoms with Crippen molar-refractivity contribution in [3.8, 4) is 5.75 Å². The van der Waals surface area contributed by atoms with E-state index in [1.807, 2.05) is 12.1 Å². The van der Waals surface area contributed by atoms with Crippen molar-refractivity contribution < 1.29 is 9.53 Å². The zero-order valence-electron chi connectivity index (χ0n) is 11.8. The normalized spacial score (nSPS) is 17.0. The maximum absolute atomic E-state index is 11.2. The van der Waals surface area contributed by atoms with Gasteiger partial charge in [0.15, 0.2) is 0 Å². The summed E-state index contributed by atoms with van der Waals surface area (Å²) in [6.07, 6.45) is 4.64. The Kier molecular flexibility index (Phi) is 4.11. The number of nitrogens with two attached hydrogens (primary N) is 1. The maximum atomic E-state index is 11.2. The van der Waals surface area contributed by atoms with Crippen LogP contribution in [0.1, 0.15) is 34.9 Å². The molecule has 2 aromatic rings. The quantitative estimate of drug-likeness (QED) is 0.907. The molecule has 7 heteroatoms. The molecule has 0 saturated carbocycles. The van der Waals surface area contributed by atoms with E-state index in [1.54, 1.807) is 12.3 Å². The van der Waals surface area contributed by atoms with E-state index in [9.17, 15) is 4.79 Å². The van der Waals surface area contributed by atoms with Crippen molar-refractivity contribution in [1.29, 1.82) is 0 Å². The van der Waals surface area contributed by atoms with E-state index in [0.29, 0.717) is 23.2 Å². The number of nitrogens with one attached hydrogen (secondary N) is 1. The van der Waals surface area contributed by atoms with E-state index in [4.69, 9.17) is 22.1 Å². The highest BCUT2D eigenvalue weighted by atomic mass is 35.5. The Morgan fingerprint density at radius 1 is 1.41 bits per heavy atom. The minimum absolute atomic E-state index is 0.0198. The number of amides is 1. The summed E-state index contributed by atoms with van der Waals surface area (Å²) in [5.74, 6) is 0.580. The molecule has 1 aromatic carbocycles. The summed E-state index contributed by atoms with van der Waals surface area (Å²) in [5, 5.41) is 3.87. The topological polar surface area (TPSA) is 90.1 Å². The van der Waals surface area contributed by atoms with Crippen LogP contribution in [0.4, 0.5) is 5.82 Å². The molecular formula is C15H15ClN4O2. The maximum Gasteiger partial charge on any atom is 0.268 e. The number of ether oxygens (including phenoxy) is 1. The number of rotatable bonds is 3. The van der Waals surface area contributed by atoms with Gasteiger partial charge in [-0.05, 0) is 18.9 Å². The first-order valence-corrected chi connectivity index (χ1v) is 7.32. The van der Waals surface area contributed by atoms with Gasteiger partial charge in [0.2, 0.25) is 0 Å². The van der Waals surface area contributed by atoms with Crippen molar-refractivity contribution in [2.24, 2.45) is 5.73 Å². The molecule has 22 heavy (non-hydrogen) atoms. The first-order valence-electron chi connectivity index (χ1n) is 6.95. The number of aromatic nitrogens is 2. The first-order chi connectivity index (χ1) is 10.6. The average Bonchev–Trinajstić information content (AvgIpc) is 2.71. The number of hydrogen-bond acceptors (Lipinski definition) is 5. The van der Waals surface area contributed by atoms with E-state index in [0.717, 1.165) is 18.4 Å². The molecule has 1 atom stereocenters. The second kappa shape index (κ2) is 6.19. The molecule has 1 aromatic heterocycles. The van der Waals surface area contributed by atoms with Crippen LogP contribution >= 0.6 is 11.6 Å². The first kappa shape index (κ1) is 14.6. The van der Waals surface area contributed by atoms with Gasteiger partial charge < -0.3 is 15.8 Å². The monoisotopic (exact) mass is 318 g/mol. The van der Waals surface area contributed by atoms with Crippen molar-refractivity contribution in [1.82, 2.24) is 9.97 Å². The molecule has 0 saturated heterocycles. The van der Waals surface area contributed by atoms with Crippen LogP contribution in [-0.2, 0) is 0 Å². The van der Waals surface area contributed by atoms with Crippen LogP contribution in [0.3, 0.4) is 0 Å². The Morgan fingerprint density at radius 3 is 3.09 bits per heavy atom. The predicted octanol–water partition coefficient (Wildman–Crippen LogP) is 2.55. The fourth-order valence-corrected chi connectivity index (χ4v) is 2.69. The zero-order valence-corrected chi connectivity index (χ0v) is 12.5. The summed E-state index contributed by atoms with van der Waals surface area (Å²) in [6.45, 7) is 0.613. The van der Waals surface area contributed by atoms with Gasteiger partial charge in [-0.2, -0.15) is 0 Å². The number of hydrogen-bond donors (Lipinski definition) is 2. The third-order valence-electron chi connectivity index (χ3n) is 3.47. The number of para-hydroxylation sites is 1. The van der Waals surface area contributed by atoms with Crippen LogP contribution in [0.25, 0.3) is 0 Å². The van der Waals surface area contributed by atoms with Gasteiger partial charge in [-0.25, -0.2) is 4.98 Å². The average molecular weight is 319 g/mol. The number of carbonyl (C=O) groups is 1. The van der Waals surface area contributed by atoms with Gasteiger partial charge >= 0.3 is 0 Å². The molecule has 6 nitrogen and oxygen atoms in total. The number of fused-ring (bicyclic) bond motifs is 1. The van der Waals surface area contributed by atoms with Gasteiger partial charge in [0.25, 0.3) is 5.91 Å². The molecule has 114 valence electrons. The van der Waals surface area contributed by atoms with Crippen LogP contribution < -0.4 is 15.8 Å². The Morgan fingerprint density at radius 2 is 2.27 bits per heavy atom. The number of primary amides is 1. The van der Waals surface area contributed by atoms with Crippen LogP contribution in [0.2, 0.25) is 5.02 Å². The number of anilines is 1. The van der Waals surface area contributed by atoms with Gasteiger partial charge in [-0.1, -0.05) is 23.7 Å². The van der Waals surface area contributed by atoms with Gasteiger partial charge in [0.05, 0.1) is 30.1 Å². The second-order valence-electron chi connectivity index (χ2n) is 5.00. The molecule has 0 fully saturated rings. The second-order valence-corrected chi connectivity index (χ2v) is 5.41. The SMILES string of the molecule is NC(=O)c1cncc(NC2CCCOc3c(Cl)cccc32)n1. The van der Waals surface area contributed by atoms with E-state index in [-0.39, 0.29) is 11.7 Å². The Bertz CT molecular complexity index is 708. The number of benzene rings is 1. The largest absolute Gasteiger partial charge is 0.492 e. The molecule has 0 spiro atoms. The smallest absolute Gasteiger partial charge is 0.268 e. The molecule has 3 N–H and O–H groups in total. The summed E-state index contributed by atoms with van der Waals surface area (Å²) in [6, 6.07) is 5.63. The number of carbonyl (C=O) groups excluding carboxylic acids is 1. The molecular weight excluding hydrogens is 304 g/mol. The van der Waals surface area contributed by atoms with Crippen molar-refractivity contribution in [3.05, 3.63) is 46.9 Å². The molecule has 1 aliphatic rings. The molecule has 0 radical (unpaired) electrons. The standard InChI is InChI=1S/C15H15ClN4O2/c16-10-4-1-3-9-11(5-2-6-22-14(9)10)19-13-8-18-7-12(20-13)15(17)21/h1,3-4,7-8,11H,2,5-6H2,(H2,17,21)(H,19,20). The van der Waals surface area contributed by atoms with Crippen LogP contribution in [0.15, 0.2) is 30.6 Å². The Hall–Kier alpha value is -2.34. The number of nitrogens with zero attached hydrogens (tertiary/aromatic N) is 2.